The molecule has 1 N–H and O–H groups in total. The molecule has 0 bridgehead atoms. The van der Waals surface area contributed by atoms with Crippen LogP contribution in [-0.2, 0) is 16.1 Å². The Kier molecular flexibility index (Phi) is 6.54. The zero-order chi connectivity index (χ0) is 18.4. The average Bonchev–Trinajstić information content (AvgIpc) is 2.56. The lowest BCUT2D eigenvalue weighted by atomic mass is 9.74. The molecule has 1 unspecified atom stereocenters. The quantitative estimate of drug-likeness (QED) is 0.827. The first kappa shape index (κ1) is 19.4. The zero-order valence-electron chi connectivity index (χ0n) is 15.8. The van der Waals surface area contributed by atoms with Gasteiger partial charge in [0.05, 0.1) is 0 Å². The lowest BCUT2D eigenvalue weighted by Gasteiger charge is -2.36. The molecule has 0 fully saturated rings. The molecular weight excluding hydrogens is 312 g/mol. The highest BCUT2D eigenvalue weighted by Crippen LogP contribution is 2.36. The molecule has 0 aliphatic heterocycles. The molecule has 136 valence electrons. The maximum absolute atomic E-state index is 13.0. The molecule has 0 saturated heterocycles. The number of rotatable bonds is 7. The number of nitrogens with one attached hydrogen (secondary N) is 1. The standard InChI is InChI=1S/C21H30N2O2/c1-5-23(6-2)19(17-12-18(24)14-21(3,4)13-17)20(25)22-15-16-10-8-7-9-11-16/h7-12,19H,5-6,13-15H2,1-4H3,(H,22,25). The van der Waals surface area contributed by atoms with Crippen molar-refractivity contribution in [2.45, 2.75) is 53.1 Å². The Morgan fingerprint density at radius 1 is 1.16 bits per heavy atom. The second kappa shape index (κ2) is 8.43. The molecule has 4 heteroatoms. The van der Waals surface area contributed by atoms with E-state index in [9.17, 15) is 9.59 Å². The monoisotopic (exact) mass is 342 g/mol. The fourth-order valence-corrected chi connectivity index (χ4v) is 3.61. The highest BCUT2D eigenvalue weighted by molar-refractivity contribution is 5.94. The van der Waals surface area contributed by atoms with Crippen molar-refractivity contribution in [2.75, 3.05) is 13.1 Å². The number of hydrogen-bond donors (Lipinski definition) is 1. The van der Waals surface area contributed by atoms with E-state index in [1.807, 2.05) is 30.3 Å². The van der Waals surface area contributed by atoms with Crippen molar-refractivity contribution in [3.8, 4) is 0 Å². The Bertz CT molecular complexity index is 631. The fraction of sp³-hybridized carbons (Fsp3) is 0.524. The van der Waals surface area contributed by atoms with E-state index in [1.54, 1.807) is 6.08 Å². The molecule has 4 nitrogen and oxygen atoms in total. The van der Waals surface area contributed by atoms with E-state index < -0.39 is 0 Å². The Hall–Kier alpha value is -1.94. The summed E-state index contributed by atoms with van der Waals surface area (Å²) in [5, 5.41) is 3.05. The normalized spacial score (nSPS) is 18.0. The summed E-state index contributed by atoms with van der Waals surface area (Å²) in [5.74, 6) is 0.101. The van der Waals surface area contributed by atoms with Gasteiger partial charge in [0, 0.05) is 13.0 Å². The molecule has 0 heterocycles. The van der Waals surface area contributed by atoms with Crippen LogP contribution >= 0.6 is 0 Å². The average molecular weight is 342 g/mol. The molecule has 25 heavy (non-hydrogen) atoms. The summed E-state index contributed by atoms with van der Waals surface area (Å²) in [6.45, 7) is 10.3. The van der Waals surface area contributed by atoms with Crippen molar-refractivity contribution >= 4 is 11.7 Å². The van der Waals surface area contributed by atoms with E-state index >= 15 is 0 Å². The van der Waals surface area contributed by atoms with E-state index in [2.05, 4.69) is 37.9 Å². The van der Waals surface area contributed by atoms with Crippen molar-refractivity contribution in [3.63, 3.8) is 0 Å². The minimum atomic E-state index is -0.373. The van der Waals surface area contributed by atoms with Crippen LogP contribution in [0.25, 0.3) is 0 Å². The third-order valence-corrected chi connectivity index (χ3v) is 4.77. The van der Waals surface area contributed by atoms with Crippen LogP contribution in [-0.4, -0.2) is 35.7 Å². The third kappa shape index (κ3) is 5.27. The van der Waals surface area contributed by atoms with Gasteiger partial charge in [0.15, 0.2) is 5.78 Å². The van der Waals surface area contributed by atoms with E-state index in [0.29, 0.717) is 13.0 Å². The summed E-state index contributed by atoms with van der Waals surface area (Å²) in [6.07, 6.45) is 3.03. The van der Waals surface area contributed by atoms with Gasteiger partial charge in [-0.15, -0.1) is 0 Å². The van der Waals surface area contributed by atoms with Crippen LogP contribution in [0.1, 0.15) is 46.1 Å². The minimum Gasteiger partial charge on any atom is -0.350 e. The van der Waals surface area contributed by atoms with Crippen molar-refractivity contribution in [1.29, 1.82) is 0 Å². The lowest BCUT2D eigenvalue weighted by Crippen LogP contribution is -2.49. The number of carbonyl (C=O) groups excluding carboxylic acids is 2. The summed E-state index contributed by atoms with van der Waals surface area (Å²) in [5.41, 5.74) is 1.92. The minimum absolute atomic E-state index is 0.0238. The third-order valence-electron chi connectivity index (χ3n) is 4.77. The Balaban J connectivity index is 2.20. The number of carbonyl (C=O) groups is 2. The zero-order valence-corrected chi connectivity index (χ0v) is 15.8. The largest absolute Gasteiger partial charge is 0.350 e. The second-order valence-corrected chi connectivity index (χ2v) is 7.53. The summed E-state index contributed by atoms with van der Waals surface area (Å²) in [4.78, 5) is 27.3. The van der Waals surface area contributed by atoms with Crippen LogP contribution in [0.5, 0.6) is 0 Å². The van der Waals surface area contributed by atoms with Gasteiger partial charge in [0.1, 0.15) is 6.04 Å². The van der Waals surface area contributed by atoms with Crippen LogP contribution in [0, 0.1) is 5.41 Å². The number of ketones is 1. The molecular formula is C21H30N2O2. The Labute approximate surface area is 151 Å². The molecule has 2 rings (SSSR count). The molecule has 1 atom stereocenters. The molecule has 0 radical (unpaired) electrons. The van der Waals surface area contributed by atoms with E-state index in [4.69, 9.17) is 0 Å². The smallest absolute Gasteiger partial charge is 0.241 e. The molecule has 1 aromatic carbocycles. The van der Waals surface area contributed by atoms with Crippen molar-refractivity contribution in [2.24, 2.45) is 5.41 Å². The van der Waals surface area contributed by atoms with Gasteiger partial charge in [-0.2, -0.15) is 0 Å². The van der Waals surface area contributed by atoms with Crippen molar-refractivity contribution in [1.82, 2.24) is 10.2 Å². The molecule has 1 aliphatic rings. The first-order valence-corrected chi connectivity index (χ1v) is 9.15. The van der Waals surface area contributed by atoms with Crippen LogP contribution < -0.4 is 5.32 Å². The van der Waals surface area contributed by atoms with Gasteiger partial charge in [0.2, 0.25) is 5.91 Å². The van der Waals surface area contributed by atoms with Gasteiger partial charge in [0.25, 0.3) is 0 Å². The number of nitrogens with zero attached hydrogens (tertiary/aromatic N) is 1. The molecule has 1 aliphatic carbocycles. The summed E-state index contributed by atoms with van der Waals surface area (Å²) in [6, 6.07) is 9.52. The van der Waals surface area contributed by atoms with Gasteiger partial charge in [-0.1, -0.05) is 58.0 Å². The van der Waals surface area contributed by atoms with Crippen LogP contribution in [0.4, 0.5) is 0 Å². The number of hydrogen-bond acceptors (Lipinski definition) is 3. The van der Waals surface area contributed by atoms with Gasteiger partial charge < -0.3 is 5.32 Å². The Morgan fingerprint density at radius 3 is 2.36 bits per heavy atom. The highest BCUT2D eigenvalue weighted by atomic mass is 16.2. The Morgan fingerprint density at radius 2 is 1.80 bits per heavy atom. The molecule has 1 amide bonds. The number of allylic oxidation sites excluding steroid dienone is 1. The van der Waals surface area contributed by atoms with Gasteiger partial charge >= 0.3 is 0 Å². The molecule has 0 aromatic heterocycles. The van der Waals surface area contributed by atoms with E-state index in [-0.39, 0.29) is 23.1 Å². The maximum Gasteiger partial charge on any atom is 0.241 e. The van der Waals surface area contributed by atoms with Gasteiger partial charge in [-0.05, 0) is 42.1 Å². The molecule has 0 saturated carbocycles. The number of amides is 1. The highest BCUT2D eigenvalue weighted by Gasteiger charge is 2.35. The predicted octanol–water partition coefficient (Wildman–Crippen LogP) is 3.33. The van der Waals surface area contributed by atoms with E-state index in [0.717, 1.165) is 30.6 Å². The first-order valence-electron chi connectivity index (χ1n) is 9.15. The fourth-order valence-electron chi connectivity index (χ4n) is 3.61. The topological polar surface area (TPSA) is 49.4 Å². The molecule has 1 aromatic rings. The van der Waals surface area contributed by atoms with Gasteiger partial charge in [-0.25, -0.2) is 0 Å². The number of benzene rings is 1. The van der Waals surface area contributed by atoms with Crippen LogP contribution in [0.15, 0.2) is 42.0 Å². The predicted molar refractivity (Wildman–Crippen MR) is 101 cm³/mol. The van der Waals surface area contributed by atoms with Crippen molar-refractivity contribution < 1.29 is 9.59 Å². The maximum atomic E-state index is 13.0. The summed E-state index contributed by atoms with van der Waals surface area (Å²) < 4.78 is 0. The number of likely N-dealkylation sites (N-methyl/N-ethyl adjacent to an activating group) is 1. The molecule has 0 spiro atoms. The first-order chi connectivity index (χ1) is 11.9. The SMILES string of the molecule is CCN(CC)C(C(=O)NCc1ccccc1)C1=CC(=O)CC(C)(C)C1. The van der Waals surface area contributed by atoms with Gasteiger partial charge in [-0.3, -0.25) is 14.5 Å². The second-order valence-electron chi connectivity index (χ2n) is 7.53. The summed E-state index contributed by atoms with van der Waals surface area (Å²) >= 11 is 0. The van der Waals surface area contributed by atoms with E-state index in [1.165, 1.54) is 0 Å². The van der Waals surface area contributed by atoms with Crippen LogP contribution in [0.3, 0.4) is 0 Å². The van der Waals surface area contributed by atoms with Crippen LogP contribution in [0.2, 0.25) is 0 Å². The lowest BCUT2D eigenvalue weighted by molar-refractivity contribution is -0.125. The summed E-state index contributed by atoms with van der Waals surface area (Å²) in [7, 11) is 0. The van der Waals surface area contributed by atoms with Crippen molar-refractivity contribution in [3.05, 3.63) is 47.5 Å².